The molecular formula is C16H23Cl2N3O2. The van der Waals surface area contributed by atoms with Crippen molar-refractivity contribution in [2.45, 2.75) is 25.3 Å². The molecule has 2 heterocycles. The Hall–Kier alpha value is -1.17. The zero-order chi connectivity index (χ0) is 15.7. The lowest BCUT2D eigenvalue weighted by Crippen LogP contribution is -2.53. The van der Waals surface area contributed by atoms with Crippen LogP contribution in [0.2, 0.25) is 5.02 Å². The standard InChI is InChI=1S/C16H22ClN3O2.ClH/c1-22-15-8-13(18)12(17)7-11(15)16(21)19-14-4-6-20-5-2-3-10(14)9-20;/h7-8,10,14H,2-6,9,18H2,1H3,(H,19,21);1H/t10-,14-;/m1./s1. The van der Waals surface area contributed by atoms with E-state index in [1.165, 1.54) is 26.5 Å². The minimum atomic E-state index is -0.136. The third-order valence-corrected chi connectivity index (χ3v) is 5.07. The molecule has 5 nitrogen and oxygen atoms in total. The van der Waals surface area contributed by atoms with Crippen molar-refractivity contribution in [1.29, 1.82) is 0 Å². The Bertz CT molecular complexity index is 583. The number of fused-ring (bicyclic) bond motifs is 2. The van der Waals surface area contributed by atoms with Crippen molar-refractivity contribution in [2.75, 3.05) is 32.5 Å². The maximum Gasteiger partial charge on any atom is 0.255 e. The molecule has 0 aliphatic carbocycles. The summed E-state index contributed by atoms with van der Waals surface area (Å²) < 4.78 is 5.27. The Morgan fingerprint density at radius 2 is 2.17 bits per heavy atom. The fourth-order valence-corrected chi connectivity index (χ4v) is 3.70. The number of nitrogens with one attached hydrogen (secondary N) is 1. The number of methoxy groups -OCH3 is 1. The molecule has 1 aromatic rings. The van der Waals surface area contributed by atoms with Gasteiger partial charge in [0.2, 0.25) is 0 Å². The number of nitrogens with two attached hydrogens (primary N) is 1. The van der Waals surface area contributed by atoms with Crippen LogP contribution >= 0.6 is 24.0 Å². The molecule has 23 heavy (non-hydrogen) atoms. The summed E-state index contributed by atoms with van der Waals surface area (Å²) in [5.74, 6) is 0.866. The van der Waals surface area contributed by atoms with Gasteiger partial charge < -0.3 is 20.7 Å². The largest absolute Gasteiger partial charge is 0.496 e. The van der Waals surface area contributed by atoms with Crippen LogP contribution in [0.1, 0.15) is 29.6 Å². The summed E-state index contributed by atoms with van der Waals surface area (Å²) in [5.41, 5.74) is 6.62. The molecule has 1 aromatic carbocycles. The second-order valence-corrected chi connectivity index (χ2v) is 6.55. The maximum atomic E-state index is 12.6. The lowest BCUT2D eigenvalue weighted by molar-refractivity contribution is 0.0737. The Balaban J connectivity index is 0.00000192. The second kappa shape index (κ2) is 7.60. The number of piperidine rings is 2. The first-order valence-corrected chi connectivity index (χ1v) is 8.12. The summed E-state index contributed by atoms with van der Waals surface area (Å²) in [5, 5.41) is 3.54. The number of nitrogen functional groups attached to an aromatic ring is 1. The third-order valence-electron chi connectivity index (χ3n) is 4.75. The van der Waals surface area contributed by atoms with E-state index in [2.05, 4.69) is 10.2 Å². The lowest BCUT2D eigenvalue weighted by atomic mass is 9.85. The second-order valence-electron chi connectivity index (χ2n) is 6.15. The number of ether oxygens (including phenoxy) is 1. The van der Waals surface area contributed by atoms with E-state index >= 15 is 0 Å². The molecular weight excluding hydrogens is 337 g/mol. The van der Waals surface area contributed by atoms with Crippen LogP contribution in [0.15, 0.2) is 12.1 Å². The molecule has 2 bridgehead atoms. The molecule has 0 spiro atoms. The minimum Gasteiger partial charge on any atom is -0.496 e. The molecule has 1 amide bonds. The topological polar surface area (TPSA) is 67.6 Å². The minimum absolute atomic E-state index is 0. The Kier molecular flexibility index (Phi) is 6.00. The highest BCUT2D eigenvalue weighted by atomic mass is 35.5. The van der Waals surface area contributed by atoms with E-state index in [0.717, 1.165) is 19.5 Å². The number of carbonyl (C=O) groups excluding carboxylic acids is 1. The van der Waals surface area contributed by atoms with E-state index in [1.807, 2.05) is 0 Å². The van der Waals surface area contributed by atoms with Crippen LogP contribution < -0.4 is 15.8 Å². The predicted molar refractivity (Wildman–Crippen MR) is 94.7 cm³/mol. The van der Waals surface area contributed by atoms with Gasteiger partial charge in [-0.05, 0) is 37.8 Å². The number of nitrogens with zero attached hydrogens (tertiary/aromatic N) is 1. The molecule has 7 heteroatoms. The molecule has 2 saturated heterocycles. The highest BCUT2D eigenvalue weighted by Gasteiger charge is 2.33. The van der Waals surface area contributed by atoms with Crippen LogP contribution in [0.4, 0.5) is 5.69 Å². The summed E-state index contributed by atoms with van der Waals surface area (Å²) in [7, 11) is 1.53. The number of carbonyl (C=O) groups is 1. The number of rotatable bonds is 3. The molecule has 3 atom stereocenters. The van der Waals surface area contributed by atoms with Gasteiger partial charge in [0.25, 0.3) is 5.91 Å². The fraction of sp³-hybridized carbons (Fsp3) is 0.562. The van der Waals surface area contributed by atoms with Crippen LogP contribution in [0, 0.1) is 5.92 Å². The van der Waals surface area contributed by atoms with E-state index in [4.69, 9.17) is 22.1 Å². The Labute approximate surface area is 147 Å². The SMILES string of the molecule is COc1cc(N)c(Cl)cc1C(=O)N[C@@H]1CCN2CCC[C@@H]1C2.Cl. The van der Waals surface area contributed by atoms with Crippen molar-refractivity contribution in [2.24, 2.45) is 5.92 Å². The van der Waals surface area contributed by atoms with E-state index in [0.29, 0.717) is 27.9 Å². The molecule has 3 rings (SSSR count). The first-order valence-electron chi connectivity index (χ1n) is 7.74. The molecule has 0 radical (unpaired) electrons. The highest BCUT2D eigenvalue weighted by Crippen LogP contribution is 2.30. The lowest BCUT2D eigenvalue weighted by Gasteiger charge is -2.42. The molecule has 2 aliphatic rings. The first kappa shape index (κ1) is 18.2. The molecule has 128 valence electrons. The van der Waals surface area contributed by atoms with Gasteiger partial charge in [-0.25, -0.2) is 0 Å². The highest BCUT2D eigenvalue weighted by molar-refractivity contribution is 6.33. The van der Waals surface area contributed by atoms with Gasteiger partial charge in [-0.2, -0.15) is 0 Å². The van der Waals surface area contributed by atoms with Gasteiger partial charge >= 0.3 is 0 Å². The van der Waals surface area contributed by atoms with Crippen LogP contribution in [0.5, 0.6) is 5.75 Å². The van der Waals surface area contributed by atoms with Crippen LogP contribution in [-0.4, -0.2) is 43.6 Å². The molecule has 0 aromatic heterocycles. The van der Waals surface area contributed by atoms with Crippen molar-refractivity contribution in [3.63, 3.8) is 0 Å². The van der Waals surface area contributed by atoms with E-state index in [-0.39, 0.29) is 24.4 Å². The van der Waals surface area contributed by atoms with Crippen molar-refractivity contribution >= 4 is 35.6 Å². The molecule has 2 fully saturated rings. The summed E-state index contributed by atoms with van der Waals surface area (Å²) in [6, 6.07) is 3.41. The number of benzene rings is 1. The average molecular weight is 360 g/mol. The normalized spacial score (nSPS) is 26.1. The summed E-state index contributed by atoms with van der Waals surface area (Å²) in [6.07, 6.45) is 3.40. The van der Waals surface area contributed by atoms with Crippen molar-refractivity contribution in [3.05, 3.63) is 22.7 Å². The van der Waals surface area contributed by atoms with Crippen LogP contribution in [-0.2, 0) is 0 Å². The maximum absolute atomic E-state index is 12.6. The van der Waals surface area contributed by atoms with Crippen molar-refractivity contribution < 1.29 is 9.53 Å². The Morgan fingerprint density at radius 1 is 1.39 bits per heavy atom. The number of anilines is 1. The van der Waals surface area contributed by atoms with Gasteiger partial charge in [0.05, 0.1) is 23.4 Å². The number of hydrogen-bond donors (Lipinski definition) is 2. The van der Waals surface area contributed by atoms with E-state index in [1.54, 1.807) is 12.1 Å². The number of hydrogen-bond acceptors (Lipinski definition) is 4. The summed E-state index contributed by atoms with van der Waals surface area (Å²) in [6.45, 7) is 3.34. The van der Waals surface area contributed by atoms with Crippen molar-refractivity contribution in [3.8, 4) is 5.75 Å². The summed E-state index contributed by atoms with van der Waals surface area (Å²) >= 11 is 6.05. The van der Waals surface area contributed by atoms with E-state index in [9.17, 15) is 4.79 Å². The molecule has 0 saturated carbocycles. The van der Waals surface area contributed by atoms with Crippen LogP contribution in [0.25, 0.3) is 0 Å². The molecule has 2 aliphatic heterocycles. The smallest absolute Gasteiger partial charge is 0.255 e. The first-order chi connectivity index (χ1) is 10.6. The average Bonchev–Trinajstić information content (AvgIpc) is 2.52. The van der Waals surface area contributed by atoms with Gasteiger partial charge in [0, 0.05) is 25.2 Å². The fourth-order valence-electron chi connectivity index (χ4n) is 3.53. The summed E-state index contributed by atoms with van der Waals surface area (Å²) in [4.78, 5) is 15.1. The quantitative estimate of drug-likeness (QED) is 0.813. The van der Waals surface area contributed by atoms with Crippen LogP contribution in [0.3, 0.4) is 0 Å². The third kappa shape index (κ3) is 3.84. The van der Waals surface area contributed by atoms with E-state index < -0.39 is 0 Å². The number of halogens is 2. The zero-order valence-electron chi connectivity index (χ0n) is 13.2. The van der Waals surface area contributed by atoms with Gasteiger partial charge in [-0.15, -0.1) is 12.4 Å². The zero-order valence-corrected chi connectivity index (χ0v) is 14.8. The molecule has 3 N–H and O–H groups in total. The van der Waals surface area contributed by atoms with Gasteiger partial charge in [0.15, 0.2) is 0 Å². The van der Waals surface area contributed by atoms with Gasteiger partial charge in [-0.1, -0.05) is 11.6 Å². The van der Waals surface area contributed by atoms with Gasteiger partial charge in [0.1, 0.15) is 5.75 Å². The Morgan fingerprint density at radius 3 is 2.91 bits per heavy atom. The predicted octanol–water partition coefficient (Wildman–Crippen LogP) is 2.57. The van der Waals surface area contributed by atoms with Crippen molar-refractivity contribution in [1.82, 2.24) is 10.2 Å². The molecule has 1 unspecified atom stereocenters. The monoisotopic (exact) mass is 359 g/mol. The number of amides is 1. The van der Waals surface area contributed by atoms with Gasteiger partial charge in [-0.3, -0.25) is 4.79 Å².